The van der Waals surface area contributed by atoms with Crippen LogP contribution in [0.1, 0.15) is 58.4 Å². The van der Waals surface area contributed by atoms with Gasteiger partial charge < -0.3 is 10.6 Å². The Labute approximate surface area is 168 Å². The van der Waals surface area contributed by atoms with E-state index in [1.54, 1.807) is 30.3 Å². The number of nitrogens with zero attached hydrogens (tertiary/aromatic N) is 1. The third-order valence-corrected chi connectivity index (χ3v) is 5.51. The molecule has 29 heavy (non-hydrogen) atoms. The average Bonchev–Trinajstić information content (AvgIpc) is 2.98. The maximum Gasteiger partial charge on any atom is 0.319 e. The molecule has 0 spiro atoms. The third-order valence-electron chi connectivity index (χ3n) is 5.51. The molecule has 6 nitrogen and oxygen atoms in total. The van der Waals surface area contributed by atoms with Gasteiger partial charge in [0.1, 0.15) is 5.82 Å². The molecule has 0 radical (unpaired) electrons. The minimum atomic E-state index is -0.519. The van der Waals surface area contributed by atoms with E-state index in [0.717, 1.165) is 32.1 Å². The standard InChI is InChI=1S/C22H22FN3O3/c23-19-9-5-4-6-14(19)13-24-22(29)25-15-10-11-17-18(12-15)21(28)26(20(17)27)16-7-2-1-3-8-16/h4-6,9-12,16H,1-3,7-8,13H2,(H2,24,25,29). The van der Waals surface area contributed by atoms with Crippen LogP contribution >= 0.6 is 0 Å². The first-order valence-electron chi connectivity index (χ1n) is 9.85. The summed E-state index contributed by atoms with van der Waals surface area (Å²) in [5.74, 6) is -0.947. The molecule has 150 valence electrons. The molecule has 2 aromatic rings. The van der Waals surface area contributed by atoms with Crippen molar-refractivity contribution >= 4 is 23.5 Å². The minimum Gasteiger partial charge on any atom is -0.334 e. The highest BCUT2D eigenvalue weighted by molar-refractivity contribution is 6.22. The van der Waals surface area contributed by atoms with E-state index in [9.17, 15) is 18.8 Å². The fraction of sp³-hybridized carbons (Fsp3) is 0.318. The summed E-state index contributed by atoms with van der Waals surface area (Å²) in [5, 5.41) is 5.22. The predicted octanol–water partition coefficient (Wildman–Crippen LogP) is 4.08. The highest BCUT2D eigenvalue weighted by atomic mass is 19.1. The molecule has 0 aromatic heterocycles. The van der Waals surface area contributed by atoms with Crippen molar-refractivity contribution in [3.05, 3.63) is 65.0 Å². The number of carbonyl (C=O) groups is 3. The number of benzene rings is 2. The van der Waals surface area contributed by atoms with Crippen molar-refractivity contribution in [3.8, 4) is 0 Å². The zero-order valence-corrected chi connectivity index (χ0v) is 15.9. The van der Waals surface area contributed by atoms with Crippen LogP contribution in [0.15, 0.2) is 42.5 Å². The molecule has 0 atom stereocenters. The van der Waals surface area contributed by atoms with E-state index in [2.05, 4.69) is 10.6 Å². The lowest BCUT2D eigenvalue weighted by molar-refractivity contribution is 0.0549. The van der Waals surface area contributed by atoms with Crippen LogP contribution in [0.25, 0.3) is 0 Å². The Morgan fingerprint density at radius 3 is 2.48 bits per heavy atom. The van der Waals surface area contributed by atoms with Gasteiger partial charge in [-0.05, 0) is 37.1 Å². The second-order valence-electron chi connectivity index (χ2n) is 7.43. The van der Waals surface area contributed by atoms with Crippen LogP contribution in [0, 0.1) is 5.82 Å². The molecule has 1 heterocycles. The predicted molar refractivity (Wildman–Crippen MR) is 106 cm³/mol. The quantitative estimate of drug-likeness (QED) is 0.766. The van der Waals surface area contributed by atoms with Crippen LogP contribution in [0.5, 0.6) is 0 Å². The summed E-state index contributed by atoms with van der Waals surface area (Å²) in [4.78, 5) is 39.1. The van der Waals surface area contributed by atoms with E-state index in [4.69, 9.17) is 0 Å². The number of amides is 4. The second-order valence-corrected chi connectivity index (χ2v) is 7.43. The summed E-state index contributed by atoms with van der Waals surface area (Å²) >= 11 is 0. The number of halogens is 1. The minimum absolute atomic E-state index is 0.0380. The molecule has 0 bridgehead atoms. The molecule has 2 N–H and O–H groups in total. The van der Waals surface area contributed by atoms with Crippen molar-refractivity contribution in [2.75, 3.05) is 5.32 Å². The molecule has 4 amide bonds. The summed E-state index contributed by atoms with van der Waals surface area (Å²) in [6.45, 7) is 0.0380. The normalized spacial score (nSPS) is 16.7. The Morgan fingerprint density at radius 2 is 1.72 bits per heavy atom. The summed E-state index contributed by atoms with van der Waals surface area (Å²) in [6.07, 6.45) is 4.86. The lowest BCUT2D eigenvalue weighted by atomic mass is 9.94. The first kappa shape index (κ1) is 19.1. The molecule has 1 aliphatic carbocycles. The Balaban J connectivity index is 1.43. The van der Waals surface area contributed by atoms with Gasteiger partial charge in [0, 0.05) is 23.8 Å². The Hall–Kier alpha value is -3.22. The molecule has 1 fully saturated rings. The second kappa shape index (κ2) is 8.03. The lowest BCUT2D eigenvalue weighted by Gasteiger charge is -2.29. The summed E-state index contributed by atoms with van der Waals surface area (Å²) in [5.41, 5.74) is 1.47. The van der Waals surface area contributed by atoms with Gasteiger partial charge in [-0.25, -0.2) is 9.18 Å². The lowest BCUT2D eigenvalue weighted by Crippen LogP contribution is -2.40. The zero-order chi connectivity index (χ0) is 20.4. The van der Waals surface area contributed by atoms with E-state index < -0.39 is 11.8 Å². The molecule has 4 rings (SSSR count). The number of urea groups is 1. The van der Waals surface area contributed by atoms with Crippen molar-refractivity contribution < 1.29 is 18.8 Å². The van der Waals surface area contributed by atoms with Gasteiger partial charge in [-0.15, -0.1) is 0 Å². The number of rotatable bonds is 4. The van der Waals surface area contributed by atoms with Crippen molar-refractivity contribution in [2.45, 2.75) is 44.7 Å². The van der Waals surface area contributed by atoms with Crippen LogP contribution in [0.2, 0.25) is 0 Å². The van der Waals surface area contributed by atoms with Crippen LogP contribution in [0.3, 0.4) is 0 Å². The van der Waals surface area contributed by atoms with Crippen molar-refractivity contribution in [1.29, 1.82) is 0 Å². The van der Waals surface area contributed by atoms with E-state index >= 15 is 0 Å². The van der Waals surface area contributed by atoms with Gasteiger partial charge in [0.25, 0.3) is 11.8 Å². The van der Waals surface area contributed by atoms with Crippen molar-refractivity contribution in [2.24, 2.45) is 0 Å². The molecule has 2 aromatic carbocycles. The number of hydrogen-bond acceptors (Lipinski definition) is 3. The SMILES string of the molecule is O=C(NCc1ccccc1F)Nc1ccc2c(c1)C(=O)N(C1CCCCC1)C2=O. The van der Waals surface area contributed by atoms with Gasteiger partial charge >= 0.3 is 6.03 Å². The molecular weight excluding hydrogens is 373 g/mol. The van der Waals surface area contributed by atoms with E-state index in [1.165, 1.54) is 17.0 Å². The van der Waals surface area contributed by atoms with Gasteiger partial charge in [-0.1, -0.05) is 37.5 Å². The Bertz CT molecular complexity index is 970. The zero-order valence-electron chi connectivity index (χ0n) is 15.9. The van der Waals surface area contributed by atoms with Gasteiger partial charge in [0.05, 0.1) is 11.1 Å². The first-order valence-corrected chi connectivity index (χ1v) is 9.85. The number of hydrogen-bond donors (Lipinski definition) is 2. The van der Waals surface area contributed by atoms with Gasteiger partial charge in [0.15, 0.2) is 0 Å². The van der Waals surface area contributed by atoms with Crippen LogP contribution in [-0.2, 0) is 6.54 Å². The van der Waals surface area contributed by atoms with Crippen molar-refractivity contribution in [3.63, 3.8) is 0 Å². The maximum absolute atomic E-state index is 13.6. The summed E-state index contributed by atoms with van der Waals surface area (Å²) < 4.78 is 13.6. The molecule has 0 saturated heterocycles. The largest absolute Gasteiger partial charge is 0.334 e. The Morgan fingerprint density at radius 1 is 1.00 bits per heavy atom. The molecule has 0 unspecified atom stereocenters. The van der Waals surface area contributed by atoms with E-state index in [1.807, 2.05) is 0 Å². The highest BCUT2D eigenvalue weighted by Crippen LogP contribution is 2.32. The average molecular weight is 395 g/mol. The van der Waals surface area contributed by atoms with Crippen LogP contribution < -0.4 is 10.6 Å². The van der Waals surface area contributed by atoms with Crippen LogP contribution in [0.4, 0.5) is 14.9 Å². The van der Waals surface area contributed by atoms with Gasteiger partial charge in [0.2, 0.25) is 0 Å². The molecule has 2 aliphatic rings. The van der Waals surface area contributed by atoms with Gasteiger partial charge in [-0.2, -0.15) is 0 Å². The van der Waals surface area contributed by atoms with Gasteiger partial charge in [-0.3, -0.25) is 14.5 Å². The molecule has 1 saturated carbocycles. The summed E-state index contributed by atoms with van der Waals surface area (Å²) in [6, 6.07) is 10.3. The maximum atomic E-state index is 13.6. The van der Waals surface area contributed by atoms with Crippen LogP contribution in [-0.4, -0.2) is 28.8 Å². The van der Waals surface area contributed by atoms with E-state index in [-0.39, 0.29) is 24.4 Å². The van der Waals surface area contributed by atoms with E-state index in [0.29, 0.717) is 22.4 Å². The fourth-order valence-electron chi connectivity index (χ4n) is 4.00. The topological polar surface area (TPSA) is 78.5 Å². The molecule has 1 aliphatic heterocycles. The third kappa shape index (κ3) is 3.85. The number of anilines is 1. The fourth-order valence-corrected chi connectivity index (χ4v) is 4.00. The Kier molecular flexibility index (Phi) is 5.29. The number of nitrogens with one attached hydrogen (secondary N) is 2. The molecular formula is C22H22FN3O3. The van der Waals surface area contributed by atoms with Crippen molar-refractivity contribution in [1.82, 2.24) is 10.2 Å². The number of imide groups is 1. The highest BCUT2D eigenvalue weighted by Gasteiger charge is 2.40. The number of fused-ring (bicyclic) bond motifs is 1. The molecule has 7 heteroatoms. The monoisotopic (exact) mass is 395 g/mol. The first-order chi connectivity index (χ1) is 14.0. The smallest absolute Gasteiger partial charge is 0.319 e. The summed E-state index contributed by atoms with van der Waals surface area (Å²) in [7, 11) is 0. The number of carbonyl (C=O) groups excluding carboxylic acids is 3.